The average Bonchev–Trinajstić information content (AvgIpc) is 3.46. The second-order valence-electron chi connectivity index (χ2n) is 6.91. The van der Waals surface area contributed by atoms with Crippen molar-refractivity contribution in [2.75, 3.05) is 18.1 Å². The molecule has 7 heteroatoms. The minimum Gasteiger partial charge on any atom is -0.376 e. The van der Waals surface area contributed by atoms with E-state index in [0.29, 0.717) is 23.0 Å². The molecule has 1 aliphatic rings. The maximum Gasteiger partial charge on any atom is 0.235 e. The Morgan fingerprint density at radius 1 is 1.18 bits per heavy atom. The van der Waals surface area contributed by atoms with Crippen LogP contribution < -0.4 is 4.90 Å². The smallest absolute Gasteiger partial charge is 0.235 e. The van der Waals surface area contributed by atoms with Crippen LogP contribution in [0.1, 0.15) is 18.5 Å². The first-order valence-electron chi connectivity index (χ1n) is 9.39. The highest BCUT2D eigenvalue weighted by atomic mass is 32.1. The lowest BCUT2D eigenvalue weighted by atomic mass is 10.1. The Labute approximate surface area is 165 Å². The molecule has 1 fully saturated rings. The largest absolute Gasteiger partial charge is 0.376 e. The molecule has 5 rings (SSSR count). The van der Waals surface area contributed by atoms with Gasteiger partial charge in [0.15, 0.2) is 10.7 Å². The molecule has 6 nitrogen and oxygen atoms in total. The van der Waals surface area contributed by atoms with Crippen LogP contribution in [0.4, 0.5) is 5.13 Å². The summed E-state index contributed by atoms with van der Waals surface area (Å²) in [5, 5.41) is 5.69. The molecule has 142 valence electrons. The summed E-state index contributed by atoms with van der Waals surface area (Å²) in [4.78, 5) is 19.7. The highest BCUT2D eigenvalue weighted by Crippen LogP contribution is 2.30. The topological polar surface area (TPSA) is 68.5 Å². The Balaban J connectivity index is 1.46. The Morgan fingerprint density at radius 3 is 2.89 bits per heavy atom. The maximum atomic E-state index is 13.3. The Hall–Kier alpha value is -2.77. The molecular weight excluding hydrogens is 374 g/mol. The van der Waals surface area contributed by atoms with Gasteiger partial charge in [-0.1, -0.05) is 40.8 Å². The molecule has 0 saturated carbocycles. The Morgan fingerprint density at radius 2 is 2.04 bits per heavy atom. The quantitative estimate of drug-likeness (QED) is 0.508. The number of carbonyl (C=O) groups is 1. The van der Waals surface area contributed by atoms with Crippen LogP contribution in [0.25, 0.3) is 21.2 Å². The number of thiazole rings is 1. The summed E-state index contributed by atoms with van der Waals surface area (Å²) in [5.41, 5.74) is 2.24. The van der Waals surface area contributed by atoms with E-state index in [2.05, 4.69) is 5.16 Å². The van der Waals surface area contributed by atoms with Gasteiger partial charge in [0.2, 0.25) is 5.91 Å². The summed E-state index contributed by atoms with van der Waals surface area (Å²) < 4.78 is 12.2. The van der Waals surface area contributed by atoms with E-state index in [0.717, 1.165) is 35.1 Å². The fraction of sp³-hybridized carbons (Fsp3) is 0.286. The predicted molar refractivity (Wildman–Crippen MR) is 109 cm³/mol. The molecule has 0 N–H and O–H groups in total. The molecule has 1 amide bonds. The van der Waals surface area contributed by atoms with E-state index in [1.807, 2.05) is 48.5 Å². The zero-order chi connectivity index (χ0) is 18.9. The fourth-order valence-electron chi connectivity index (χ4n) is 3.56. The van der Waals surface area contributed by atoms with Crippen molar-refractivity contribution in [1.82, 2.24) is 10.1 Å². The summed E-state index contributed by atoms with van der Waals surface area (Å²) >= 11 is 1.53. The summed E-state index contributed by atoms with van der Waals surface area (Å²) in [5.74, 6) is -0.0476. The number of nitrogens with zero attached hydrogens (tertiary/aromatic N) is 3. The highest BCUT2D eigenvalue weighted by molar-refractivity contribution is 7.22. The van der Waals surface area contributed by atoms with Gasteiger partial charge in [-0.3, -0.25) is 9.69 Å². The highest BCUT2D eigenvalue weighted by Gasteiger charge is 2.27. The monoisotopic (exact) mass is 393 g/mol. The normalized spacial score (nSPS) is 16.8. The van der Waals surface area contributed by atoms with Crippen LogP contribution in [-0.4, -0.2) is 35.3 Å². The van der Waals surface area contributed by atoms with Crippen molar-refractivity contribution >= 4 is 43.6 Å². The third-order valence-electron chi connectivity index (χ3n) is 5.00. The Kier molecular flexibility index (Phi) is 4.54. The van der Waals surface area contributed by atoms with Crippen molar-refractivity contribution in [3.05, 3.63) is 54.2 Å². The average molecular weight is 393 g/mol. The molecule has 4 aromatic rings. The van der Waals surface area contributed by atoms with E-state index in [1.54, 1.807) is 4.90 Å². The van der Waals surface area contributed by atoms with E-state index in [1.165, 1.54) is 11.3 Å². The number of aromatic nitrogens is 2. The van der Waals surface area contributed by atoms with Crippen molar-refractivity contribution in [2.45, 2.75) is 25.4 Å². The molecule has 1 atom stereocenters. The van der Waals surface area contributed by atoms with Crippen LogP contribution in [0.2, 0.25) is 0 Å². The second kappa shape index (κ2) is 7.33. The molecule has 0 radical (unpaired) electrons. The molecular formula is C21H19N3O3S. The number of benzene rings is 2. The van der Waals surface area contributed by atoms with Gasteiger partial charge in [0.1, 0.15) is 5.69 Å². The molecule has 0 bridgehead atoms. The lowest BCUT2D eigenvalue weighted by Gasteiger charge is -2.22. The van der Waals surface area contributed by atoms with Crippen molar-refractivity contribution < 1.29 is 14.1 Å². The fourth-order valence-corrected chi connectivity index (χ4v) is 4.55. The number of anilines is 1. The maximum absolute atomic E-state index is 13.3. The van der Waals surface area contributed by atoms with E-state index in [-0.39, 0.29) is 18.4 Å². The lowest BCUT2D eigenvalue weighted by molar-refractivity contribution is -0.118. The molecule has 2 aromatic carbocycles. The Bertz CT molecular complexity index is 1100. The number of hydrogen-bond donors (Lipinski definition) is 0. The standard InChI is InChI=1S/C21H19N3O3S/c25-20(12-17-15-7-1-3-9-18(15)27-23-17)24(13-14-6-5-11-26-14)21-22-16-8-2-4-10-19(16)28-21/h1-4,7-10,14H,5-6,11-13H2/t14-/m1/s1. The lowest BCUT2D eigenvalue weighted by Crippen LogP contribution is -2.38. The molecule has 3 heterocycles. The number of rotatable bonds is 5. The zero-order valence-corrected chi connectivity index (χ0v) is 16.0. The van der Waals surface area contributed by atoms with Crippen LogP contribution >= 0.6 is 11.3 Å². The minimum absolute atomic E-state index is 0.0463. The number of hydrogen-bond acceptors (Lipinski definition) is 6. The first-order chi connectivity index (χ1) is 13.8. The van der Waals surface area contributed by atoms with Gasteiger partial charge in [-0.05, 0) is 37.1 Å². The summed E-state index contributed by atoms with van der Waals surface area (Å²) in [6.45, 7) is 1.26. The van der Waals surface area contributed by atoms with Crippen molar-refractivity contribution in [1.29, 1.82) is 0 Å². The predicted octanol–water partition coefficient (Wildman–Crippen LogP) is 4.19. The second-order valence-corrected chi connectivity index (χ2v) is 7.91. The van der Waals surface area contributed by atoms with Crippen LogP contribution in [0, 0.1) is 0 Å². The van der Waals surface area contributed by atoms with E-state index in [4.69, 9.17) is 14.2 Å². The van der Waals surface area contributed by atoms with Crippen LogP contribution in [0.15, 0.2) is 53.1 Å². The number of ether oxygens (including phenoxy) is 1. The summed E-state index contributed by atoms with van der Waals surface area (Å²) in [7, 11) is 0. The van der Waals surface area contributed by atoms with Gasteiger partial charge in [0, 0.05) is 12.0 Å². The van der Waals surface area contributed by atoms with Gasteiger partial charge in [-0.2, -0.15) is 0 Å². The van der Waals surface area contributed by atoms with Crippen LogP contribution in [0.5, 0.6) is 0 Å². The summed E-state index contributed by atoms with van der Waals surface area (Å²) in [6, 6.07) is 15.5. The SMILES string of the molecule is O=C(Cc1noc2ccccc12)N(C[C@H]1CCCO1)c1nc2ccccc2s1. The van der Waals surface area contributed by atoms with Gasteiger partial charge in [0.05, 0.1) is 29.3 Å². The molecule has 1 saturated heterocycles. The molecule has 2 aromatic heterocycles. The third-order valence-corrected chi connectivity index (χ3v) is 6.05. The van der Waals surface area contributed by atoms with Gasteiger partial charge in [0.25, 0.3) is 0 Å². The van der Waals surface area contributed by atoms with Gasteiger partial charge < -0.3 is 9.26 Å². The summed E-state index contributed by atoms with van der Waals surface area (Å²) in [6.07, 6.45) is 2.20. The number of para-hydroxylation sites is 2. The molecule has 0 aliphatic carbocycles. The molecule has 0 unspecified atom stereocenters. The first-order valence-corrected chi connectivity index (χ1v) is 10.2. The van der Waals surface area contributed by atoms with E-state index >= 15 is 0 Å². The van der Waals surface area contributed by atoms with Crippen molar-refractivity contribution in [2.24, 2.45) is 0 Å². The van der Waals surface area contributed by atoms with E-state index < -0.39 is 0 Å². The number of amides is 1. The zero-order valence-electron chi connectivity index (χ0n) is 15.2. The van der Waals surface area contributed by atoms with Gasteiger partial charge in [-0.15, -0.1) is 0 Å². The van der Waals surface area contributed by atoms with Crippen molar-refractivity contribution in [3.63, 3.8) is 0 Å². The number of fused-ring (bicyclic) bond motifs is 2. The van der Waals surface area contributed by atoms with Crippen LogP contribution in [-0.2, 0) is 16.0 Å². The molecule has 28 heavy (non-hydrogen) atoms. The third kappa shape index (κ3) is 3.27. The minimum atomic E-state index is -0.0476. The molecule has 1 aliphatic heterocycles. The number of carbonyl (C=O) groups excluding carboxylic acids is 1. The first kappa shape index (κ1) is 17.3. The van der Waals surface area contributed by atoms with Crippen LogP contribution in [0.3, 0.4) is 0 Å². The van der Waals surface area contributed by atoms with Gasteiger partial charge >= 0.3 is 0 Å². The molecule has 0 spiro atoms. The van der Waals surface area contributed by atoms with Gasteiger partial charge in [-0.25, -0.2) is 4.98 Å². The van der Waals surface area contributed by atoms with E-state index in [9.17, 15) is 4.79 Å². The van der Waals surface area contributed by atoms with Crippen molar-refractivity contribution in [3.8, 4) is 0 Å².